The summed E-state index contributed by atoms with van der Waals surface area (Å²) in [6, 6.07) is 12.1. The van der Waals surface area contributed by atoms with Crippen molar-refractivity contribution in [1.82, 2.24) is 4.98 Å². The molecule has 2 heterocycles. The van der Waals surface area contributed by atoms with Crippen molar-refractivity contribution in [2.24, 2.45) is 5.73 Å². The topological polar surface area (TPSA) is 52.0 Å². The number of rotatable bonds is 2. The summed E-state index contributed by atoms with van der Waals surface area (Å²) in [5.41, 5.74) is 9.49. The summed E-state index contributed by atoms with van der Waals surface area (Å²) in [6.45, 7) is 2.56. The smallest absolute Gasteiger partial charge is 0.153 e. The third kappa shape index (κ3) is 1.89. The second kappa shape index (κ2) is 4.27. The molecule has 3 heteroatoms. The highest BCUT2D eigenvalue weighted by Gasteiger charge is 2.07. The highest BCUT2D eigenvalue weighted by molar-refractivity contribution is 5.82. The maximum atomic E-state index is 5.81. The standard InChI is InChI=1S/C15H14N2O/c1-10-2-4-12-7-15(18-14(12)6-10)13-5-3-11(8-16)9-17-13/h2-7,9H,8,16H2,1H3. The lowest BCUT2D eigenvalue weighted by Crippen LogP contribution is -1.96. The molecular formula is C15H14N2O. The lowest BCUT2D eigenvalue weighted by molar-refractivity contribution is 0.628. The van der Waals surface area contributed by atoms with Gasteiger partial charge in [-0.15, -0.1) is 0 Å². The average molecular weight is 238 g/mol. The molecule has 2 aromatic heterocycles. The van der Waals surface area contributed by atoms with Crippen molar-refractivity contribution in [2.45, 2.75) is 13.5 Å². The summed E-state index contributed by atoms with van der Waals surface area (Å²) >= 11 is 0. The molecule has 0 amide bonds. The normalized spacial score (nSPS) is 11.0. The Morgan fingerprint density at radius 1 is 1.17 bits per heavy atom. The fraction of sp³-hybridized carbons (Fsp3) is 0.133. The molecule has 0 bridgehead atoms. The van der Waals surface area contributed by atoms with Gasteiger partial charge in [0.1, 0.15) is 11.3 Å². The predicted octanol–water partition coefficient (Wildman–Crippen LogP) is 3.26. The second-order valence-electron chi connectivity index (χ2n) is 4.41. The van der Waals surface area contributed by atoms with Crippen LogP contribution in [0.5, 0.6) is 0 Å². The van der Waals surface area contributed by atoms with Crippen molar-refractivity contribution in [3.8, 4) is 11.5 Å². The van der Waals surface area contributed by atoms with Gasteiger partial charge in [-0.1, -0.05) is 18.2 Å². The zero-order valence-corrected chi connectivity index (χ0v) is 10.2. The quantitative estimate of drug-likeness (QED) is 0.745. The molecule has 0 fully saturated rings. The van der Waals surface area contributed by atoms with Crippen LogP contribution in [0.1, 0.15) is 11.1 Å². The Morgan fingerprint density at radius 3 is 2.78 bits per heavy atom. The molecule has 0 aliphatic heterocycles. The molecule has 0 spiro atoms. The molecule has 3 aromatic rings. The molecule has 0 saturated heterocycles. The van der Waals surface area contributed by atoms with E-state index in [1.54, 1.807) is 6.20 Å². The third-order valence-electron chi connectivity index (χ3n) is 2.99. The van der Waals surface area contributed by atoms with Crippen LogP contribution in [0.3, 0.4) is 0 Å². The summed E-state index contributed by atoms with van der Waals surface area (Å²) in [4.78, 5) is 4.36. The van der Waals surface area contributed by atoms with Gasteiger partial charge < -0.3 is 10.2 Å². The fourth-order valence-corrected chi connectivity index (χ4v) is 1.96. The van der Waals surface area contributed by atoms with Gasteiger partial charge in [0, 0.05) is 18.1 Å². The van der Waals surface area contributed by atoms with Crippen molar-refractivity contribution in [2.75, 3.05) is 0 Å². The molecule has 3 rings (SSSR count). The average Bonchev–Trinajstić information content (AvgIpc) is 2.81. The van der Waals surface area contributed by atoms with Gasteiger partial charge in [-0.2, -0.15) is 0 Å². The van der Waals surface area contributed by atoms with Gasteiger partial charge in [0.15, 0.2) is 5.76 Å². The lowest BCUT2D eigenvalue weighted by atomic mass is 10.2. The van der Waals surface area contributed by atoms with Crippen molar-refractivity contribution < 1.29 is 4.42 Å². The highest BCUT2D eigenvalue weighted by atomic mass is 16.3. The molecule has 3 nitrogen and oxygen atoms in total. The van der Waals surface area contributed by atoms with Crippen molar-refractivity contribution in [3.05, 3.63) is 53.7 Å². The Bertz CT molecular complexity index is 683. The number of fused-ring (bicyclic) bond motifs is 1. The molecule has 0 aliphatic rings. The maximum Gasteiger partial charge on any atom is 0.153 e. The number of aryl methyl sites for hydroxylation is 1. The summed E-state index contributed by atoms with van der Waals surface area (Å²) in [6.07, 6.45) is 1.79. The highest BCUT2D eigenvalue weighted by Crippen LogP contribution is 2.27. The predicted molar refractivity (Wildman–Crippen MR) is 72.1 cm³/mol. The number of pyridine rings is 1. The van der Waals surface area contributed by atoms with E-state index in [1.165, 1.54) is 5.56 Å². The SMILES string of the molecule is Cc1ccc2cc(-c3ccc(CN)cn3)oc2c1. The molecule has 0 saturated carbocycles. The van der Waals surface area contributed by atoms with Crippen LogP contribution in [0.2, 0.25) is 0 Å². The first-order chi connectivity index (χ1) is 8.76. The minimum Gasteiger partial charge on any atom is -0.454 e. The van der Waals surface area contributed by atoms with Gasteiger partial charge in [0.2, 0.25) is 0 Å². The molecular weight excluding hydrogens is 224 g/mol. The molecule has 0 unspecified atom stereocenters. The maximum absolute atomic E-state index is 5.81. The number of aromatic nitrogens is 1. The Morgan fingerprint density at radius 2 is 2.06 bits per heavy atom. The molecule has 2 N–H and O–H groups in total. The van der Waals surface area contributed by atoms with Crippen molar-refractivity contribution in [3.63, 3.8) is 0 Å². The van der Waals surface area contributed by atoms with Crippen LogP contribution >= 0.6 is 0 Å². The van der Waals surface area contributed by atoms with Crippen molar-refractivity contribution in [1.29, 1.82) is 0 Å². The molecule has 18 heavy (non-hydrogen) atoms. The number of nitrogens with zero attached hydrogens (tertiary/aromatic N) is 1. The van der Waals surface area contributed by atoms with Gasteiger partial charge in [-0.3, -0.25) is 4.98 Å². The van der Waals surface area contributed by atoms with Crippen LogP contribution in [-0.4, -0.2) is 4.98 Å². The minimum atomic E-state index is 0.507. The van der Waals surface area contributed by atoms with Gasteiger partial charge in [0.25, 0.3) is 0 Å². The Balaban J connectivity index is 2.07. The van der Waals surface area contributed by atoms with Crippen LogP contribution in [0.25, 0.3) is 22.4 Å². The molecule has 0 aliphatic carbocycles. The number of nitrogens with two attached hydrogens (primary N) is 1. The summed E-state index contributed by atoms with van der Waals surface area (Å²) < 4.78 is 5.81. The number of furan rings is 1. The number of hydrogen-bond donors (Lipinski definition) is 1. The molecule has 0 atom stereocenters. The van der Waals surface area contributed by atoms with E-state index in [1.807, 2.05) is 24.3 Å². The number of benzene rings is 1. The van der Waals surface area contributed by atoms with Crippen LogP contribution in [0, 0.1) is 6.92 Å². The first-order valence-electron chi connectivity index (χ1n) is 5.92. The zero-order chi connectivity index (χ0) is 12.5. The first kappa shape index (κ1) is 11.0. The van der Waals surface area contributed by atoms with E-state index in [2.05, 4.69) is 24.0 Å². The van der Waals surface area contributed by atoms with Gasteiger partial charge in [-0.25, -0.2) is 0 Å². The largest absolute Gasteiger partial charge is 0.454 e. The van der Waals surface area contributed by atoms with Gasteiger partial charge in [-0.05, 0) is 36.2 Å². The fourth-order valence-electron chi connectivity index (χ4n) is 1.96. The van der Waals surface area contributed by atoms with Crippen molar-refractivity contribution >= 4 is 11.0 Å². The second-order valence-corrected chi connectivity index (χ2v) is 4.41. The summed E-state index contributed by atoms with van der Waals surface area (Å²) in [5.74, 6) is 0.791. The van der Waals surface area contributed by atoms with E-state index in [0.717, 1.165) is 28.0 Å². The lowest BCUT2D eigenvalue weighted by Gasteiger charge is -1.97. The van der Waals surface area contributed by atoms with Crippen LogP contribution in [-0.2, 0) is 6.54 Å². The minimum absolute atomic E-state index is 0.507. The first-order valence-corrected chi connectivity index (χ1v) is 5.92. The summed E-state index contributed by atoms with van der Waals surface area (Å²) in [5, 5.41) is 1.10. The van der Waals surface area contributed by atoms with E-state index in [4.69, 9.17) is 10.2 Å². The Kier molecular flexibility index (Phi) is 2.61. The Labute approximate surface area is 105 Å². The molecule has 90 valence electrons. The van der Waals surface area contributed by atoms with Gasteiger partial charge >= 0.3 is 0 Å². The van der Waals surface area contributed by atoms with Crippen LogP contribution in [0.15, 0.2) is 47.0 Å². The van der Waals surface area contributed by atoms with Crippen LogP contribution < -0.4 is 5.73 Å². The monoisotopic (exact) mass is 238 g/mol. The Hall–Kier alpha value is -2.13. The van der Waals surface area contributed by atoms with E-state index in [0.29, 0.717) is 6.54 Å². The van der Waals surface area contributed by atoms with Crippen LogP contribution in [0.4, 0.5) is 0 Å². The summed E-state index contributed by atoms with van der Waals surface area (Å²) in [7, 11) is 0. The molecule has 1 aromatic carbocycles. The van der Waals surface area contributed by atoms with E-state index in [9.17, 15) is 0 Å². The van der Waals surface area contributed by atoms with E-state index >= 15 is 0 Å². The third-order valence-corrected chi connectivity index (χ3v) is 2.99. The van der Waals surface area contributed by atoms with E-state index < -0.39 is 0 Å². The van der Waals surface area contributed by atoms with Gasteiger partial charge in [0.05, 0.1) is 0 Å². The molecule has 0 radical (unpaired) electrons. The zero-order valence-electron chi connectivity index (χ0n) is 10.2. The van der Waals surface area contributed by atoms with E-state index in [-0.39, 0.29) is 0 Å². The number of hydrogen-bond acceptors (Lipinski definition) is 3.